The molecular formula is C61H108O12Si3. The van der Waals surface area contributed by atoms with Gasteiger partial charge in [-0.2, -0.15) is 0 Å². The Kier molecular flexibility index (Phi) is 23.1. The van der Waals surface area contributed by atoms with Crippen molar-refractivity contribution in [1.82, 2.24) is 0 Å². The second-order valence-electron chi connectivity index (χ2n) is 28.3. The summed E-state index contributed by atoms with van der Waals surface area (Å²) in [6.45, 7) is 43.7. The molecule has 2 saturated heterocycles. The molecule has 3 N–H and O–H groups in total. The zero-order chi connectivity index (χ0) is 57.5. The van der Waals surface area contributed by atoms with Crippen LogP contribution in [0.2, 0.25) is 54.4 Å². The number of benzene rings is 1. The predicted molar refractivity (Wildman–Crippen MR) is 315 cm³/mol. The molecule has 0 radical (unpaired) electrons. The number of rotatable bonds is 13. The summed E-state index contributed by atoms with van der Waals surface area (Å²) in [6.07, 6.45) is 6.61. The third kappa shape index (κ3) is 17.8. The molecule has 3 heterocycles. The van der Waals surface area contributed by atoms with Crippen LogP contribution in [0.5, 0.6) is 0 Å². The quantitative estimate of drug-likeness (QED) is 0.0979. The third-order valence-electron chi connectivity index (χ3n) is 18.4. The number of carbonyl (C=O) groups excluding carboxylic acids is 1. The Balaban J connectivity index is 1.97. The van der Waals surface area contributed by atoms with E-state index in [0.29, 0.717) is 51.6 Å². The molecule has 1 unspecified atom stereocenters. The first kappa shape index (κ1) is 66.7. The summed E-state index contributed by atoms with van der Waals surface area (Å²) in [5.41, 5.74) is 1.57. The summed E-state index contributed by atoms with van der Waals surface area (Å²) >= 11 is 0. The SMILES string of the molecule is CO[C@]12C[C@@H]3C/C(=C/CO)C[C@H](/C=C/C(C)(C)C(O)C/C(=C/CO)C[C@H](O[Si](C)(C)C(C)(C)C)C[C@H]([C@@H](C)O[Si](C)(C)C(C)(C)C)OC(=O)C[C@H](O[Si](C)(C)C(C)(C)C)C[C@H](C[C@H](OCc4ccccc4)C1(C)C)O2)O3. The minimum atomic E-state index is -2.52. The number of esters is 1. The lowest BCUT2D eigenvalue weighted by molar-refractivity contribution is -0.362. The highest BCUT2D eigenvalue weighted by atomic mass is 28.4. The lowest BCUT2D eigenvalue weighted by Crippen LogP contribution is -2.63. The number of methoxy groups -OCH3 is 1. The summed E-state index contributed by atoms with van der Waals surface area (Å²) in [7, 11) is -5.68. The van der Waals surface area contributed by atoms with Crippen LogP contribution in [0.25, 0.3) is 0 Å². The van der Waals surface area contributed by atoms with E-state index in [1.54, 1.807) is 13.2 Å². The van der Waals surface area contributed by atoms with Gasteiger partial charge in [0.15, 0.2) is 30.7 Å². The van der Waals surface area contributed by atoms with E-state index in [1.165, 1.54) is 0 Å². The minimum absolute atomic E-state index is 0.0195. The van der Waals surface area contributed by atoms with Crippen LogP contribution in [0.4, 0.5) is 0 Å². The van der Waals surface area contributed by atoms with E-state index < -0.39 is 84.2 Å². The van der Waals surface area contributed by atoms with Gasteiger partial charge in [0.1, 0.15) is 6.10 Å². The fraction of sp³-hybridized carbons (Fsp3) is 0.787. The van der Waals surface area contributed by atoms with Crippen LogP contribution in [-0.4, -0.2) is 127 Å². The van der Waals surface area contributed by atoms with Gasteiger partial charge in [-0.15, -0.1) is 0 Å². The van der Waals surface area contributed by atoms with Crippen molar-refractivity contribution in [2.45, 2.75) is 276 Å². The van der Waals surface area contributed by atoms with E-state index in [1.807, 2.05) is 51.1 Å². The maximum Gasteiger partial charge on any atom is 0.308 e. The monoisotopic (exact) mass is 1120 g/mol. The van der Waals surface area contributed by atoms with Crippen LogP contribution in [0.3, 0.4) is 0 Å². The first-order valence-corrected chi connectivity index (χ1v) is 37.2. The highest BCUT2D eigenvalue weighted by Crippen LogP contribution is 2.52. The van der Waals surface area contributed by atoms with Crippen LogP contribution < -0.4 is 0 Å². The van der Waals surface area contributed by atoms with Gasteiger partial charge in [-0.3, -0.25) is 4.79 Å². The predicted octanol–water partition coefficient (Wildman–Crippen LogP) is 13.5. The van der Waals surface area contributed by atoms with E-state index in [9.17, 15) is 15.3 Å². The summed E-state index contributed by atoms with van der Waals surface area (Å²) in [6, 6.07) is 10.2. The number of aliphatic hydroxyl groups excluding tert-OH is 3. The lowest BCUT2D eigenvalue weighted by Gasteiger charge is -2.56. The molecule has 0 saturated carbocycles. The number of cyclic esters (lactones) is 1. The fourth-order valence-electron chi connectivity index (χ4n) is 10.1. The summed E-state index contributed by atoms with van der Waals surface area (Å²) in [5, 5.41) is 32.6. The Labute approximate surface area is 464 Å². The Morgan fingerprint density at radius 2 is 1.26 bits per heavy atom. The molecule has 15 heteroatoms. The molecule has 12 nitrogen and oxygen atoms in total. The Morgan fingerprint density at radius 1 is 0.724 bits per heavy atom. The smallest absolute Gasteiger partial charge is 0.308 e. The van der Waals surface area contributed by atoms with Crippen LogP contribution in [-0.2, 0) is 48.4 Å². The highest BCUT2D eigenvalue weighted by molar-refractivity contribution is 6.75. The normalized spacial score (nSPS) is 31.2. The van der Waals surface area contributed by atoms with Gasteiger partial charge in [0.2, 0.25) is 0 Å². The second-order valence-corrected chi connectivity index (χ2v) is 42.6. The molecule has 1 aromatic rings. The van der Waals surface area contributed by atoms with Crippen molar-refractivity contribution in [2.75, 3.05) is 20.3 Å². The van der Waals surface area contributed by atoms with Gasteiger partial charge in [-0.25, -0.2) is 0 Å². The Bertz CT molecular complexity index is 2080. The molecule has 10 atom stereocenters. The van der Waals surface area contributed by atoms with Gasteiger partial charge in [0.05, 0.1) is 75.1 Å². The molecule has 4 rings (SSSR count). The maximum atomic E-state index is 15.1. The molecule has 0 aromatic heterocycles. The molecule has 436 valence electrons. The number of aliphatic hydroxyl groups is 3. The van der Waals surface area contributed by atoms with Gasteiger partial charge in [-0.1, -0.05) is 156 Å². The average molecular weight is 1120 g/mol. The Hall–Kier alpha value is -1.84. The molecule has 0 amide bonds. The first-order valence-electron chi connectivity index (χ1n) is 28.5. The van der Waals surface area contributed by atoms with Crippen LogP contribution in [0.1, 0.15) is 160 Å². The lowest BCUT2D eigenvalue weighted by atomic mass is 9.70. The van der Waals surface area contributed by atoms with Crippen molar-refractivity contribution in [3.63, 3.8) is 0 Å². The molecule has 4 bridgehead atoms. The van der Waals surface area contributed by atoms with Crippen molar-refractivity contribution in [2.24, 2.45) is 10.8 Å². The molecule has 0 aliphatic carbocycles. The topological polar surface area (TPSA) is 152 Å². The second kappa shape index (κ2) is 26.4. The molecule has 3 aliphatic rings. The zero-order valence-electron chi connectivity index (χ0n) is 51.4. The Morgan fingerprint density at radius 3 is 1.79 bits per heavy atom. The zero-order valence-corrected chi connectivity index (χ0v) is 54.4. The van der Waals surface area contributed by atoms with Crippen molar-refractivity contribution in [3.05, 3.63) is 71.3 Å². The summed E-state index contributed by atoms with van der Waals surface area (Å²) in [4.78, 5) is 15.1. The summed E-state index contributed by atoms with van der Waals surface area (Å²) < 4.78 is 56.8. The van der Waals surface area contributed by atoms with Crippen LogP contribution in [0.15, 0.2) is 65.8 Å². The number of carbonyl (C=O) groups is 1. The van der Waals surface area contributed by atoms with E-state index in [0.717, 1.165) is 16.7 Å². The average Bonchev–Trinajstić information content (AvgIpc) is 3.27. The van der Waals surface area contributed by atoms with Crippen LogP contribution in [0, 0.1) is 10.8 Å². The highest BCUT2D eigenvalue weighted by Gasteiger charge is 2.59. The van der Waals surface area contributed by atoms with E-state index >= 15 is 4.79 Å². The van der Waals surface area contributed by atoms with Crippen molar-refractivity contribution >= 4 is 30.9 Å². The molecule has 0 spiro atoms. The number of hydrogen-bond donors (Lipinski definition) is 3. The standard InChI is InChI=1S/C61H108O12Si3/c1-43(71-74(16,17)56(2,3)4)52-38-49(72-75(18,19)57(5,6)7)34-46(29-32-63)36-53(64)59(11,12)30-27-47-33-45(28-31-62)35-51(68-47)41-61(66-15)60(13,14)54(67-42-44-25-23-22-24-26-44)39-48(70-61)37-50(40-55(65)69-52)73-76(20,21)58(8,9)10/h22-30,43,47-54,62-64H,31-42H2,1-21H3/b30-27+,45-28+,46-29+/t43-,47+,48-,49+,50-,51+,52-,53?,54+,61+/m1/s1. The van der Waals surface area contributed by atoms with Gasteiger partial charge in [0, 0.05) is 37.2 Å². The van der Waals surface area contributed by atoms with Gasteiger partial charge >= 0.3 is 5.97 Å². The first-order chi connectivity index (χ1) is 34.8. The summed E-state index contributed by atoms with van der Waals surface area (Å²) in [5.74, 6) is -1.61. The van der Waals surface area contributed by atoms with Gasteiger partial charge in [0.25, 0.3) is 0 Å². The van der Waals surface area contributed by atoms with Crippen LogP contribution >= 0.6 is 0 Å². The van der Waals surface area contributed by atoms with E-state index in [4.69, 9.17) is 37.0 Å². The largest absolute Gasteiger partial charge is 0.459 e. The molecule has 2 fully saturated rings. The minimum Gasteiger partial charge on any atom is -0.459 e. The van der Waals surface area contributed by atoms with Crippen molar-refractivity contribution in [1.29, 1.82) is 0 Å². The van der Waals surface area contributed by atoms with Gasteiger partial charge in [-0.05, 0) is 99.0 Å². The molecule has 76 heavy (non-hydrogen) atoms. The molecule has 3 aliphatic heterocycles. The van der Waals surface area contributed by atoms with E-state index in [-0.39, 0.29) is 59.5 Å². The van der Waals surface area contributed by atoms with Gasteiger partial charge < -0.3 is 52.3 Å². The number of ether oxygens (including phenoxy) is 5. The maximum absolute atomic E-state index is 15.1. The molecular weight excluding hydrogens is 1010 g/mol. The van der Waals surface area contributed by atoms with Crippen molar-refractivity contribution in [3.8, 4) is 0 Å². The number of hydrogen-bond acceptors (Lipinski definition) is 12. The van der Waals surface area contributed by atoms with E-state index in [2.05, 4.69) is 134 Å². The fourth-order valence-corrected chi connectivity index (χ4v) is 14.3. The van der Waals surface area contributed by atoms with Crippen molar-refractivity contribution < 1.29 is 57.1 Å². The molecule has 1 aromatic carbocycles. The third-order valence-corrected chi connectivity index (χ3v) is 32.1. The number of fused-ring (bicyclic) bond motifs is 4.